The topological polar surface area (TPSA) is 49.8 Å². The van der Waals surface area contributed by atoms with Crippen LogP contribution in [0.3, 0.4) is 0 Å². The molecule has 1 aromatic carbocycles. The Morgan fingerprint density at radius 3 is 3.00 bits per heavy atom. The zero-order valence-electron chi connectivity index (χ0n) is 10.6. The highest BCUT2D eigenvalue weighted by Gasteiger charge is 2.28. The summed E-state index contributed by atoms with van der Waals surface area (Å²) in [6.45, 7) is 2.75. The van der Waals surface area contributed by atoms with Crippen LogP contribution in [-0.2, 0) is 4.79 Å². The number of amides is 1. The normalized spacial score (nSPS) is 19.0. The van der Waals surface area contributed by atoms with E-state index in [0.29, 0.717) is 0 Å². The summed E-state index contributed by atoms with van der Waals surface area (Å²) < 4.78 is 5.53. The smallest absolute Gasteiger partial charge is 0.260 e. The third kappa shape index (κ3) is 2.82. The van der Waals surface area contributed by atoms with Crippen LogP contribution < -0.4 is 4.74 Å². The Balaban J connectivity index is 1.90. The van der Waals surface area contributed by atoms with Crippen molar-refractivity contribution in [2.75, 3.05) is 19.8 Å². The Kier molecular flexibility index (Phi) is 4.20. The minimum atomic E-state index is -0.0465. The molecule has 0 aliphatic carbocycles. The molecule has 1 N–H and O–H groups in total. The SMILES string of the molecule is Cc1ccccc1OCC(=O)N1CCCC1CO. The molecule has 0 bridgehead atoms. The maximum atomic E-state index is 12.0. The molecule has 4 heteroatoms. The van der Waals surface area contributed by atoms with Crippen LogP contribution in [0.15, 0.2) is 24.3 Å². The summed E-state index contributed by atoms with van der Waals surface area (Å²) in [5, 5.41) is 9.18. The van der Waals surface area contributed by atoms with Crippen LogP contribution in [0.25, 0.3) is 0 Å². The predicted octanol–water partition coefficient (Wildman–Crippen LogP) is 1.36. The lowest BCUT2D eigenvalue weighted by Crippen LogP contribution is -2.40. The van der Waals surface area contributed by atoms with Gasteiger partial charge in [0.15, 0.2) is 6.61 Å². The molecule has 98 valence electrons. The van der Waals surface area contributed by atoms with Gasteiger partial charge in [-0.15, -0.1) is 0 Å². The Labute approximate surface area is 107 Å². The number of benzene rings is 1. The summed E-state index contributed by atoms with van der Waals surface area (Å²) in [7, 11) is 0. The zero-order valence-corrected chi connectivity index (χ0v) is 10.6. The minimum Gasteiger partial charge on any atom is -0.484 e. The van der Waals surface area contributed by atoms with Gasteiger partial charge < -0.3 is 14.7 Å². The van der Waals surface area contributed by atoms with E-state index >= 15 is 0 Å². The number of para-hydroxylation sites is 1. The zero-order chi connectivity index (χ0) is 13.0. The molecule has 1 saturated heterocycles. The van der Waals surface area contributed by atoms with Gasteiger partial charge >= 0.3 is 0 Å². The summed E-state index contributed by atoms with van der Waals surface area (Å²) in [5.41, 5.74) is 1.02. The summed E-state index contributed by atoms with van der Waals surface area (Å²) in [6.07, 6.45) is 1.84. The van der Waals surface area contributed by atoms with E-state index in [4.69, 9.17) is 4.74 Å². The fourth-order valence-corrected chi connectivity index (χ4v) is 2.29. The van der Waals surface area contributed by atoms with E-state index in [0.717, 1.165) is 30.7 Å². The Morgan fingerprint density at radius 2 is 2.28 bits per heavy atom. The van der Waals surface area contributed by atoms with Gasteiger partial charge in [-0.05, 0) is 31.4 Å². The van der Waals surface area contributed by atoms with Crippen molar-refractivity contribution in [2.24, 2.45) is 0 Å². The molecule has 1 amide bonds. The molecule has 0 aromatic heterocycles. The molecule has 2 rings (SSSR count). The number of carbonyl (C=O) groups is 1. The monoisotopic (exact) mass is 249 g/mol. The molecule has 1 heterocycles. The quantitative estimate of drug-likeness (QED) is 0.876. The second-order valence-corrected chi connectivity index (χ2v) is 4.62. The lowest BCUT2D eigenvalue weighted by Gasteiger charge is -2.23. The van der Waals surface area contributed by atoms with Crippen molar-refractivity contribution < 1.29 is 14.6 Å². The fraction of sp³-hybridized carbons (Fsp3) is 0.500. The van der Waals surface area contributed by atoms with Gasteiger partial charge in [0, 0.05) is 6.54 Å². The number of hydrogen-bond donors (Lipinski definition) is 1. The third-order valence-corrected chi connectivity index (χ3v) is 3.35. The van der Waals surface area contributed by atoms with E-state index in [1.807, 2.05) is 31.2 Å². The largest absolute Gasteiger partial charge is 0.484 e. The molecule has 18 heavy (non-hydrogen) atoms. The summed E-state index contributed by atoms with van der Waals surface area (Å²) in [6, 6.07) is 7.60. The highest BCUT2D eigenvalue weighted by Crippen LogP contribution is 2.19. The first-order valence-corrected chi connectivity index (χ1v) is 6.31. The number of likely N-dealkylation sites (tertiary alicyclic amines) is 1. The van der Waals surface area contributed by atoms with Gasteiger partial charge in [-0.25, -0.2) is 0 Å². The van der Waals surface area contributed by atoms with Crippen molar-refractivity contribution in [3.05, 3.63) is 29.8 Å². The number of carbonyl (C=O) groups excluding carboxylic acids is 1. The van der Waals surface area contributed by atoms with Crippen LogP contribution in [0.2, 0.25) is 0 Å². The highest BCUT2D eigenvalue weighted by molar-refractivity contribution is 5.78. The average Bonchev–Trinajstić information content (AvgIpc) is 2.86. The lowest BCUT2D eigenvalue weighted by atomic mass is 10.2. The molecule has 0 radical (unpaired) electrons. The van der Waals surface area contributed by atoms with Gasteiger partial charge in [0.25, 0.3) is 5.91 Å². The van der Waals surface area contributed by atoms with Gasteiger partial charge in [-0.1, -0.05) is 18.2 Å². The fourth-order valence-electron chi connectivity index (χ4n) is 2.29. The molecule has 0 saturated carbocycles. The minimum absolute atomic E-state index is 0.0297. The molecule has 1 fully saturated rings. The number of aryl methyl sites for hydroxylation is 1. The molecule has 1 aliphatic heterocycles. The number of ether oxygens (including phenoxy) is 1. The van der Waals surface area contributed by atoms with Crippen molar-refractivity contribution in [1.82, 2.24) is 4.90 Å². The summed E-state index contributed by atoms with van der Waals surface area (Å²) >= 11 is 0. The van der Waals surface area contributed by atoms with Crippen LogP contribution >= 0.6 is 0 Å². The number of aliphatic hydroxyl groups is 1. The number of hydrogen-bond acceptors (Lipinski definition) is 3. The van der Waals surface area contributed by atoms with Crippen molar-refractivity contribution in [1.29, 1.82) is 0 Å². The Morgan fingerprint density at radius 1 is 1.50 bits per heavy atom. The van der Waals surface area contributed by atoms with Gasteiger partial charge in [0.05, 0.1) is 12.6 Å². The van der Waals surface area contributed by atoms with E-state index in [2.05, 4.69) is 0 Å². The Hall–Kier alpha value is -1.55. The van der Waals surface area contributed by atoms with Gasteiger partial charge in [-0.2, -0.15) is 0 Å². The van der Waals surface area contributed by atoms with E-state index in [-0.39, 0.29) is 25.2 Å². The van der Waals surface area contributed by atoms with Crippen molar-refractivity contribution in [2.45, 2.75) is 25.8 Å². The van der Waals surface area contributed by atoms with Crippen molar-refractivity contribution >= 4 is 5.91 Å². The molecule has 1 atom stereocenters. The molecule has 4 nitrogen and oxygen atoms in total. The number of nitrogens with zero attached hydrogens (tertiary/aromatic N) is 1. The number of rotatable bonds is 4. The maximum absolute atomic E-state index is 12.0. The Bertz CT molecular complexity index is 419. The van der Waals surface area contributed by atoms with Gasteiger partial charge in [0.1, 0.15) is 5.75 Å². The van der Waals surface area contributed by atoms with Crippen molar-refractivity contribution in [3.8, 4) is 5.75 Å². The van der Waals surface area contributed by atoms with Gasteiger partial charge in [0.2, 0.25) is 0 Å². The number of aliphatic hydroxyl groups excluding tert-OH is 1. The molecular formula is C14H19NO3. The average molecular weight is 249 g/mol. The van der Waals surface area contributed by atoms with Crippen LogP contribution in [0.4, 0.5) is 0 Å². The van der Waals surface area contributed by atoms with Gasteiger partial charge in [-0.3, -0.25) is 4.79 Å². The predicted molar refractivity (Wildman–Crippen MR) is 68.5 cm³/mol. The van der Waals surface area contributed by atoms with E-state index in [9.17, 15) is 9.90 Å². The first-order valence-electron chi connectivity index (χ1n) is 6.31. The summed E-state index contributed by atoms with van der Waals surface area (Å²) in [5.74, 6) is 0.695. The van der Waals surface area contributed by atoms with Crippen LogP contribution in [0.1, 0.15) is 18.4 Å². The molecule has 1 aliphatic rings. The molecule has 1 aromatic rings. The second kappa shape index (κ2) is 5.87. The first-order chi connectivity index (χ1) is 8.72. The van der Waals surface area contributed by atoms with Crippen molar-refractivity contribution in [3.63, 3.8) is 0 Å². The van der Waals surface area contributed by atoms with E-state index < -0.39 is 0 Å². The second-order valence-electron chi connectivity index (χ2n) is 4.62. The van der Waals surface area contributed by atoms with Crippen LogP contribution in [-0.4, -0.2) is 41.7 Å². The van der Waals surface area contributed by atoms with Crippen LogP contribution in [0, 0.1) is 6.92 Å². The molecular weight excluding hydrogens is 230 g/mol. The maximum Gasteiger partial charge on any atom is 0.260 e. The third-order valence-electron chi connectivity index (χ3n) is 3.35. The first kappa shape index (κ1) is 12.9. The highest BCUT2D eigenvalue weighted by atomic mass is 16.5. The standard InChI is InChI=1S/C14H19NO3/c1-11-5-2-3-7-13(11)18-10-14(17)15-8-4-6-12(15)9-16/h2-3,5,7,12,16H,4,6,8-10H2,1H3. The summed E-state index contributed by atoms with van der Waals surface area (Å²) in [4.78, 5) is 13.7. The van der Waals surface area contributed by atoms with E-state index in [1.54, 1.807) is 4.90 Å². The molecule has 1 unspecified atom stereocenters. The van der Waals surface area contributed by atoms with E-state index in [1.165, 1.54) is 0 Å². The van der Waals surface area contributed by atoms with Crippen LogP contribution in [0.5, 0.6) is 5.75 Å². The molecule has 0 spiro atoms. The lowest BCUT2D eigenvalue weighted by molar-refractivity contribution is -0.134.